The van der Waals surface area contributed by atoms with E-state index in [1.165, 1.54) is 6.07 Å². The zero-order chi connectivity index (χ0) is 16.2. The Bertz CT molecular complexity index is 697. The molecule has 0 aliphatic carbocycles. The van der Waals surface area contributed by atoms with Gasteiger partial charge in [0, 0.05) is 12.2 Å². The largest absolute Gasteiger partial charge is 0.491 e. The van der Waals surface area contributed by atoms with Crippen LogP contribution in [0.15, 0.2) is 30.3 Å². The van der Waals surface area contributed by atoms with Crippen LogP contribution in [0.25, 0.3) is 11.3 Å². The van der Waals surface area contributed by atoms with Crippen molar-refractivity contribution in [1.29, 1.82) is 0 Å². The lowest BCUT2D eigenvalue weighted by Crippen LogP contribution is -2.16. The SMILES string of the molecule is NC(=O)c1cc(-c2ccc(OCC3CCCO3)cc2)nc(N)n1. The van der Waals surface area contributed by atoms with E-state index in [-0.39, 0.29) is 17.7 Å². The number of nitrogens with two attached hydrogens (primary N) is 2. The number of amides is 1. The molecule has 0 saturated carbocycles. The van der Waals surface area contributed by atoms with Crippen LogP contribution in [-0.2, 0) is 4.74 Å². The third kappa shape index (κ3) is 3.75. The molecule has 1 atom stereocenters. The highest BCUT2D eigenvalue weighted by atomic mass is 16.5. The van der Waals surface area contributed by atoms with Gasteiger partial charge in [-0.25, -0.2) is 9.97 Å². The molecule has 1 aliphatic heterocycles. The lowest BCUT2D eigenvalue weighted by atomic mass is 10.1. The zero-order valence-corrected chi connectivity index (χ0v) is 12.6. The van der Waals surface area contributed by atoms with Crippen molar-refractivity contribution in [2.75, 3.05) is 18.9 Å². The first-order valence-electron chi connectivity index (χ1n) is 7.41. The molecule has 1 amide bonds. The Hall–Kier alpha value is -2.67. The van der Waals surface area contributed by atoms with Crippen LogP contribution in [0.4, 0.5) is 5.95 Å². The van der Waals surface area contributed by atoms with Crippen molar-refractivity contribution in [2.24, 2.45) is 5.73 Å². The highest BCUT2D eigenvalue weighted by molar-refractivity contribution is 5.92. The first-order valence-corrected chi connectivity index (χ1v) is 7.41. The fourth-order valence-electron chi connectivity index (χ4n) is 2.43. The van der Waals surface area contributed by atoms with Gasteiger partial charge in [-0.1, -0.05) is 0 Å². The lowest BCUT2D eigenvalue weighted by molar-refractivity contribution is 0.0679. The highest BCUT2D eigenvalue weighted by Crippen LogP contribution is 2.23. The van der Waals surface area contributed by atoms with Crippen LogP contribution < -0.4 is 16.2 Å². The van der Waals surface area contributed by atoms with E-state index in [1.807, 2.05) is 24.3 Å². The number of rotatable bonds is 5. The second-order valence-electron chi connectivity index (χ2n) is 5.33. The second kappa shape index (κ2) is 6.62. The van der Waals surface area contributed by atoms with Crippen molar-refractivity contribution >= 4 is 11.9 Å². The van der Waals surface area contributed by atoms with Gasteiger partial charge in [0.05, 0.1) is 11.8 Å². The Labute approximate surface area is 133 Å². The van der Waals surface area contributed by atoms with Crippen molar-refractivity contribution < 1.29 is 14.3 Å². The molecule has 7 nitrogen and oxygen atoms in total. The number of anilines is 1. The Morgan fingerprint density at radius 2 is 2.09 bits per heavy atom. The van der Waals surface area contributed by atoms with E-state index in [1.54, 1.807) is 0 Å². The Kier molecular flexibility index (Phi) is 4.38. The summed E-state index contributed by atoms with van der Waals surface area (Å²) in [5.74, 6) is 0.119. The van der Waals surface area contributed by atoms with E-state index in [4.69, 9.17) is 20.9 Å². The molecule has 0 radical (unpaired) electrons. The topological polar surface area (TPSA) is 113 Å². The molecule has 1 aliphatic rings. The van der Waals surface area contributed by atoms with Gasteiger partial charge in [-0.15, -0.1) is 0 Å². The van der Waals surface area contributed by atoms with Crippen molar-refractivity contribution in [1.82, 2.24) is 9.97 Å². The standard InChI is InChI=1S/C16H18N4O3/c17-15(21)14-8-13(19-16(18)20-14)10-3-5-11(6-4-10)23-9-12-2-1-7-22-12/h3-6,8,12H,1-2,7,9H2,(H2,17,21)(H2,18,19,20). The summed E-state index contributed by atoms with van der Waals surface area (Å²) in [4.78, 5) is 19.2. The van der Waals surface area contributed by atoms with E-state index in [0.717, 1.165) is 30.8 Å². The summed E-state index contributed by atoms with van der Waals surface area (Å²) >= 11 is 0. The van der Waals surface area contributed by atoms with Gasteiger partial charge in [-0.2, -0.15) is 0 Å². The molecular weight excluding hydrogens is 296 g/mol. The maximum atomic E-state index is 11.2. The Balaban J connectivity index is 1.72. The number of nitrogen functional groups attached to an aromatic ring is 1. The summed E-state index contributed by atoms with van der Waals surface area (Å²) in [7, 11) is 0. The smallest absolute Gasteiger partial charge is 0.267 e. The molecule has 1 fully saturated rings. The van der Waals surface area contributed by atoms with Gasteiger partial charge in [-0.3, -0.25) is 4.79 Å². The molecule has 120 valence electrons. The van der Waals surface area contributed by atoms with Crippen LogP contribution in [0.1, 0.15) is 23.3 Å². The molecule has 1 saturated heterocycles. The molecule has 2 heterocycles. The van der Waals surface area contributed by atoms with Gasteiger partial charge in [0.15, 0.2) is 0 Å². The average molecular weight is 314 g/mol. The molecule has 7 heteroatoms. The number of primary amides is 1. The molecule has 0 bridgehead atoms. The zero-order valence-electron chi connectivity index (χ0n) is 12.6. The predicted octanol–water partition coefficient (Wildman–Crippen LogP) is 1.38. The molecule has 1 unspecified atom stereocenters. The third-order valence-electron chi connectivity index (χ3n) is 3.61. The normalized spacial score (nSPS) is 17.1. The quantitative estimate of drug-likeness (QED) is 0.862. The molecule has 2 aromatic rings. The van der Waals surface area contributed by atoms with Gasteiger partial charge in [0.25, 0.3) is 5.91 Å². The number of benzene rings is 1. The van der Waals surface area contributed by atoms with E-state index in [9.17, 15) is 4.79 Å². The number of aromatic nitrogens is 2. The molecule has 1 aromatic carbocycles. The molecular formula is C16H18N4O3. The fraction of sp³-hybridized carbons (Fsp3) is 0.312. The summed E-state index contributed by atoms with van der Waals surface area (Å²) in [5.41, 5.74) is 12.3. The number of hydrogen-bond donors (Lipinski definition) is 2. The number of ether oxygens (including phenoxy) is 2. The fourth-order valence-corrected chi connectivity index (χ4v) is 2.43. The number of nitrogens with zero attached hydrogens (tertiary/aromatic N) is 2. The van der Waals surface area contributed by atoms with Crippen molar-refractivity contribution in [3.8, 4) is 17.0 Å². The molecule has 0 spiro atoms. The number of hydrogen-bond acceptors (Lipinski definition) is 6. The van der Waals surface area contributed by atoms with Crippen LogP contribution in [0.2, 0.25) is 0 Å². The highest BCUT2D eigenvalue weighted by Gasteiger charge is 2.16. The maximum Gasteiger partial charge on any atom is 0.267 e. The number of carbonyl (C=O) groups is 1. The van der Waals surface area contributed by atoms with E-state index in [0.29, 0.717) is 12.3 Å². The van der Waals surface area contributed by atoms with Crippen LogP contribution >= 0.6 is 0 Å². The van der Waals surface area contributed by atoms with Crippen molar-refractivity contribution in [3.05, 3.63) is 36.0 Å². The first kappa shape index (κ1) is 15.2. The van der Waals surface area contributed by atoms with Crippen molar-refractivity contribution in [2.45, 2.75) is 18.9 Å². The summed E-state index contributed by atoms with van der Waals surface area (Å²) in [5, 5.41) is 0. The summed E-state index contributed by atoms with van der Waals surface area (Å²) in [6.07, 6.45) is 2.30. The van der Waals surface area contributed by atoms with Crippen LogP contribution in [-0.4, -0.2) is 35.2 Å². The van der Waals surface area contributed by atoms with E-state index < -0.39 is 5.91 Å². The summed E-state index contributed by atoms with van der Waals surface area (Å²) in [6.45, 7) is 1.36. The van der Waals surface area contributed by atoms with E-state index >= 15 is 0 Å². The van der Waals surface area contributed by atoms with E-state index in [2.05, 4.69) is 9.97 Å². The second-order valence-corrected chi connectivity index (χ2v) is 5.33. The number of carbonyl (C=O) groups excluding carboxylic acids is 1. The van der Waals surface area contributed by atoms with Gasteiger partial charge in [0.2, 0.25) is 5.95 Å². The van der Waals surface area contributed by atoms with Gasteiger partial charge < -0.3 is 20.9 Å². The lowest BCUT2D eigenvalue weighted by Gasteiger charge is -2.11. The minimum atomic E-state index is -0.642. The first-order chi connectivity index (χ1) is 11.1. The van der Waals surface area contributed by atoms with Gasteiger partial charge in [0.1, 0.15) is 18.1 Å². The minimum absolute atomic E-state index is 0.00927. The third-order valence-corrected chi connectivity index (χ3v) is 3.61. The average Bonchev–Trinajstić information content (AvgIpc) is 3.06. The summed E-state index contributed by atoms with van der Waals surface area (Å²) in [6, 6.07) is 8.88. The minimum Gasteiger partial charge on any atom is -0.491 e. The van der Waals surface area contributed by atoms with Crippen LogP contribution in [0.5, 0.6) is 5.75 Å². The Morgan fingerprint density at radius 3 is 2.74 bits per heavy atom. The van der Waals surface area contributed by atoms with Crippen LogP contribution in [0, 0.1) is 0 Å². The predicted molar refractivity (Wildman–Crippen MR) is 84.9 cm³/mol. The van der Waals surface area contributed by atoms with Gasteiger partial charge in [-0.05, 0) is 43.2 Å². The monoisotopic (exact) mass is 314 g/mol. The maximum absolute atomic E-state index is 11.2. The van der Waals surface area contributed by atoms with Crippen LogP contribution in [0.3, 0.4) is 0 Å². The molecule has 3 rings (SSSR count). The molecule has 23 heavy (non-hydrogen) atoms. The van der Waals surface area contributed by atoms with Crippen molar-refractivity contribution in [3.63, 3.8) is 0 Å². The molecule has 1 aromatic heterocycles. The summed E-state index contributed by atoms with van der Waals surface area (Å²) < 4.78 is 11.2. The molecule has 4 N–H and O–H groups in total. The Morgan fingerprint density at radius 1 is 1.30 bits per heavy atom. The van der Waals surface area contributed by atoms with Gasteiger partial charge >= 0.3 is 0 Å².